The van der Waals surface area contributed by atoms with E-state index in [1.807, 2.05) is 0 Å². The van der Waals surface area contributed by atoms with Crippen molar-refractivity contribution in [2.24, 2.45) is 0 Å². The first-order valence-electron chi connectivity index (χ1n) is 8.36. The predicted molar refractivity (Wildman–Crippen MR) is 103 cm³/mol. The summed E-state index contributed by atoms with van der Waals surface area (Å²) in [5.74, 6) is -1.55. The zero-order valence-electron chi connectivity index (χ0n) is 15.1. The number of benzene rings is 3. The van der Waals surface area contributed by atoms with Crippen LogP contribution in [0.15, 0.2) is 77.7 Å². The summed E-state index contributed by atoms with van der Waals surface area (Å²) in [6, 6.07) is 16.2. The maximum Gasteiger partial charge on any atom is 0.573 e. The summed E-state index contributed by atoms with van der Waals surface area (Å²) < 4.78 is 67.8. The molecule has 156 valence electrons. The molecule has 0 atom stereocenters. The van der Waals surface area contributed by atoms with Gasteiger partial charge in [0.1, 0.15) is 5.75 Å². The molecular formula is C20H14F3NO5S. The number of ether oxygens (including phenoxy) is 1. The molecule has 0 fully saturated rings. The molecule has 2 N–H and O–H groups in total. The van der Waals surface area contributed by atoms with Gasteiger partial charge in [0.05, 0.1) is 10.5 Å². The van der Waals surface area contributed by atoms with E-state index in [0.29, 0.717) is 11.1 Å². The maximum atomic E-state index is 12.5. The van der Waals surface area contributed by atoms with E-state index in [1.165, 1.54) is 60.7 Å². The Kier molecular flexibility index (Phi) is 5.70. The van der Waals surface area contributed by atoms with Crippen LogP contribution in [0.4, 0.5) is 18.9 Å². The second kappa shape index (κ2) is 8.07. The quantitative estimate of drug-likeness (QED) is 0.581. The highest BCUT2D eigenvalue weighted by atomic mass is 32.2. The Hall–Kier alpha value is -3.53. The van der Waals surface area contributed by atoms with Crippen LogP contribution in [0, 0.1) is 0 Å². The van der Waals surface area contributed by atoms with Crippen LogP contribution >= 0.6 is 0 Å². The second-order valence-electron chi connectivity index (χ2n) is 6.09. The standard InChI is InChI=1S/C20H14F3NO5S/c21-20(22,23)29-17-8-4-13(5-9-17)14-6-10-18(11-7-14)30(27,28)24-16-3-1-2-15(12-16)19(25)26/h1-12,24H,(H,25,26). The van der Waals surface area contributed by atoms with Gasteiger partial charge in [-0.05, 0) is 53.6 Å². The van der Waals surface area contributed by atoms with Crippen molar-refractivity contribution in [3.05, 3.63) is 78.4 Å². The first kappa shape index (κ1) is 21.2. The molecule has 0 aromatic heterocycles. The third-order valence-electron chi connectivity index (χ3n) is 3.95. The number of hydrogen-bond donors (Lipinski definition) is 2. The lowest BCUT2D eigenvalue weighted by Gasteiger charge is -2.11. The summed E-state index contributed by atoms with van der Waals surface area (Å²) in [4.78, 5) is 10.9. The number of sulfonamides is 1. The van der Waals surface area contributed by atoms with Crippen molar-refractivity contribution in [3.63, 3.8) is 0 Å². The van der Waals surface area contributed by atoms with Crippen LogP contribution < -0.4 is 9.46 Å². The number of anilines is 1. The minimum absolute atomic E-state index is 0.0657. The molecule has 10 heteroatoms. The van der Waals surface area contributed by atoms with Crippen LogP contribution in [0.5, 0.6) is 5.75 Å². The monoisotopic (exact) mass is 437 g/mol. The van der Waals surface area contributed by atoms with Crippen LogP contribution in [-0.2, 0) is 10.0 Å². The van der Waals surface area contributed by atoms with Crippen molar-refractivity contribution >= 4 is 21.7 Å². The van der Waals surface area contributed by atoms with Gasteiger partial charge in [0.15, 0.2) is 0 Å². The average molecular weight is 437 g/mol. The lowest BCUT2D eigenvalue weighted by molar-refractivity contribution is -0.274. The van der Waals surface area contributed by atoms with E-state index in [2.05, 4.69) is 9.46 Å². The van der Waals surface area contributed by atoms with E-state index >= 15 is 0 Å². The van der Waals surface area contributed by atoms with Gasteiger partial charge >= 0.3 is 12.3 Å². The molecule has 3 aromatic carbocycles. The number of alkyl halides is 3. The number of carbonyl (C=O) groups is 1. The fourth-order valence-electron chi connectivity index (χ4n) is 2.61. The van der Waals surface area contributed by atoms with Crippen LogP contribution in [0.1, 0.15) is 10.4 Å². The SMILES string of the molecule is O=C(O)c1cccc(NS(=O)(=O)c2ccc(-c3ccc(OC(F)(F)F)cc3)cc2)c1. The predicted octanol–water partition coefficient (Wildman–Crippen LogP) is 4.75. The molecule has 0 radical (unpaired) electrons. The Morgan fingerprint density at radius 2 is 1.47 bits per heavy atom. The van der Waals surface area contributed by atoms with Gasteiger partial charge < -0.3 is 9.84 Å². The summed E-state index contributed by atoms with van der Waals surface area (Å²) in [6.07, 6.45) is -4.78. The normalized spacial score (nSPS) is 11.7. The zero-order chi connectivity index (χ0) is 21.9. The molecule has 0 bridgehead atoms. The molecule has 3 aromatic rings. The molecule has 0 heterocycles. The average Bonchev–Trinajstić information content (AvgIpc) is 2.67. The van der Waals surface area contributed by atoms with Crippen molar-refractivity contribution in [3.8, 4) is 16.9 Å². The van der Waals surface area contributed by atoms with Gasteiger partial charge in [-0.1, -0.05) is 30.3 Å². The summed E-state index contributed by atoms with van der Waals surface area (Å²) in [6.45, 7) is 0. The lowest BCUT2D eigenvalue weighted by atomic mass is 10.1. The van der Waals surface area contributed by atoms with Gasteiger partial charge in [0.25, 0.3) is 10.0 Å². The second-order valence-corrected chi connectivity index (χ2v) is 7.77. The van der Waals surface area contributed by atoms with Gasteiger partial charge in [0, 0.05) is 5.69 Å². The van der Waals surface area contributed by atoms with Crippen molar-refractivity contribution in [2.75, 3.05) is 4.72 Å². The summed E-state index contributed by atoms with van der Waals surface area (Å²) in [5.41, 5.74) is 1.18. The number of aromatic carboxylic acids is 1. The smallest absolute Gasteiger partial charge is 0.478 e. The van der Waals surface area contributed by atoms with E-state index in [0.717, 1.165) is 12.1 Å². The van der Waals surface area contributed by atoms with Crippen LogP contribution in [0.2, 0.25) is 0 Å². The number of carboxylic acid groups (broad SMARTS) is 1. The fourth-order valence-corrected chi connectivity index (χ4v) is 3.65. The molecule has 0 amide bonds. The molecule has 0 aliphatic rings. The van der Waals surface area contributed by atoms with Crippen molar-refractivity contribution < 1.29 is 36.2 Å². The Morgan fingerprint density at radius 1 is 0.900 bits per heavy atom. The first-order chi connectivity index (χ1) is 14.0. The molecule has 0 unspecified atom stereocenters. The van der Waals surface area contributed by atoms with E-state index < -0.39 is 22.4 Å². The van der Waals surface area contributed by atoms with E-state index in [-0.39, 0.29) is 21.9 Å². The van der Waals surface area contributed by atoms with Crippen LogP contribution in [0.3, 0.4) is 0 Å². The number of rotatable bonds is 6. The third-order valence-corrected chi connectivity index (χ3v) is 5.34. The lowest BCUT2D eigenvalue weighted by Crippen LogP contribution is -2.16. The van der Waals surface area contributed by atoms with Crippen molar-refractivity contribution in [2.45, 2.75) is 11.3 Å². The molecule has 0 saturated heterocycles. The fraction of sp³-hybridized carbons (Fsp3) is 0.0500. The largest absolute Gasteiger partial charge is 0.573 e. The maximum absolute atomic E-state index is 12.5. The minimum atomic E-state index is -4.78. The molecule has 3 rings (SSSR count). The molecular weight excluding hydrogens is 423 g/mol. The van der Waals surface area contributed by atoms with Gasteiger partial charge in [-0.2, -0.15) is 0 Å². The third kappa shape index (κ3) is 5.29. The first-order valence-corrected chi connectivity index (χ1v) is 9.84. The van der Waals surface area contributed by atoms with Gasteiger partial charge in [-0.15, -0.1) is 13.2 Å². The van der Waals surface area contributed by atoms with Crippen molar-refractivity contribution in [1.82, 2.24) is 0 Å². The molecule has 0 aliphatic carbocycles. The Balaban J connectivity index is 1.77. The number of hydrogen-bond acceptors (Lipinski definition) is 4. The highest BCUT2D eigenvalue weighted by Crippen LogP contribution is 2.27. The van der Waals surface area contributed by atoms with Crippen molar-refractivity contribution in [1.29, 1.82) is 0 Å². The van der Waals surface area contributed by atoms with Gasteiger partial charge in [-0.25, -0.2) is 13.2 Å². The molecule has 0 aliphatic heterocycles. The molecule has 6 nitrogen and oxygen atoms in total. The minimum Gasteiger partial charge on any atom is -0.478 e. The number of nitrogens with one attached hydrogen (secondary N) is 1. The van der Waals surface area contributed by atoms with Gasteiger partial charge in [0.2, 0.25) is 0 Å². The Morgan fingerprint density at radius 3 is 2.00 bits per heavy atom. The van der Waals surface area contributed by atoms with E-state index in [1.54, 1.807) is 0 Å². The molecule has 0 spiro atoms. The summed E-state index contributed by atoms with van der Waals surface area (Å²) in [5, 5.41) is 9.00. The molecule has 30 heavy (non-hydrogen) atoms. The highest BCUT2D eigenvalue weighted by molar-refractivity contribution is 7.92. The number of halogens is 3. The van der Waals surface area contributed by atoms with Crippen LogP contribution in [0.25, 0.3) is 11.1 Å². The van der Waals surface area contributed by atoms with Gasteiger partial charge in [-0.3, -0.25) is 4.72 Å². The van der Waals surface area contributed by atoms with E-state index in [4.69, 9.17) is 5.11 Å². The highest BCUT2D eigenvalue weighted by Gasteiger charge is 2.31. The van der Waals surface area contributed by atoms with Crippen LogP contribution in [-0.4, -0.2) is 25.9 Å². The molecule has 0 saturated carbocycles. The number of carboxylic acids is 1. The summed E-state index contributed by atoms with van der Waals surface area (Å²) in [7, 11) is -3.97. The zero-order valence-corrected chi connectivity index (χ0v) is 15.9. The topological polar surface area (TPSA) is 92.7 Å². The summed E-state index contributed by atoms with van der Waals surface area (Å²) >= 11 is 0. The Bertz CT molecular complexity index is 1160. The van der Waals surface area contributed by atoms with E-state index in [9.17, 15) is 26.4 Å². The Labute approximate surface area is 169 Å².